The van der Waals surface area contributed by atoms with Crippen LogP contribution in [0.3, 0.4) is 0 Å². The first-order valence-electron chi connectivity index (χ1n) is 1.41. The maximum absolute atomic E-state index is 9.80. The fourth-order valence-corrected chi connectivity index (χ4v) is 0.482. The number of nitrogens with one attached hydrogen (secondary N) is 2. The molecule has 0 aromatic carbocycles. The summed E-state index contributed by atoms with van der Waals surface area (Å²) in [5.74, 6) is 0. The number of quaternary nitrogens is 1. The Balaban J connectivity index is 2.08. The fraction of sp³-hybridized carbons (Fsp3) is 1.00. The second-order valence-electron chi connectivity index (χ2n) is 0.902. The Hall–Kier alpha value is 0.310. The van der Waals surface area contributed by atoms with Gasteiger partial charge in [0.25, 0.3) is 0 Å². The van der Waals surface area contributed by atoms with Gasteiger partial charge in [0.2, 0.25) is 0 Å². The van der Waals surface area contributed by atoms with Crippen LogP contribution in [0.1, 0.15) is 0 Å². The minimum atomic E-state index is 0.198. The first-order chi connectivity index (χ1) is 2.39. The SMILES string of the molecule is [O-][NH+]1CPN1. The van der Waals surface area contributed by atoms with Crippen molar-refractivity contribution in [1.82, 2.24) is 5.20 Å². The summed E-state index contributed by atoms with van der Waals surface area (Å²) in [5.41, 5.74) is 0. The van der Waals surface area contributed by atoms with Crippen molar-refractivity contribution in [3.8, 4) is 0 Å². The van der Waals surface area contributed by atoms with E-state index in [2.05, 4.69) is 5.20 Å². The highest BCUT2D eigenvalue weighted by atomic mass is 31.1. The van der Waals surface area contributed by atoms with E-state index >= 15 is 0 Å². The van der Waals surface area contributed by atoms with Gasteiger partial charge in [-0.1, -0.05) is 0 Å². The quantitative estimate of drug-likeness (QED) is 0.280. The monoisotopic (exact) mass is 92.0 g/mol. The topological polar surface area (TPSA) is 39.5 Å². The molecule has 4 heteroatoms. The van der Waals surface area contributed by atoms with Crippen molar-refractivity contribution in [2.24, 2.45) is 0 Å². The van der Waals surface area contributed by atoms with Gasteiger partial charge in [0.1, 0.15) is 6.29 Å². The fourth-order valence-electron chi connectivity index (χ4n) is 0.161. The van der Waals surface area contributed by atoms with Crippen LogP contribution in [0.25, 0.3) is 0 Å². The van der Waals surface area contributed by atoms with Crippen molar-refractivity contribution in [3.05, 3.63) is 5.21 Å². The van der Waals surface area contributed by atoms with Crippen LogP contribution in [-0.4, -0.2) is 6.29 Å². The van der Waals surface area contributed by atoms with Crippen LogP contribution in [0.15, 0.2) is 0 Å². The lowest BCUT2D eigenvalue weighted by Gasteiger charge is -2.29. The van der Waals surface area contributed by atoms with Crippen molar-refractivity contribution in [2.45, 2.75) is 0 Å². The molecule has 2 N–H and O–H groups in total. The van der Waals surface area contributed by atoms with Crippen molar-refractivity contribution < 1.29 is 5.17 Å². The van der Waals surface area contributed by atoms with E-state index < -0.39 is 0 Å². The Labute approximate surface area is 31.7 Å². The van der Waals surface area contributed by atoms with Crippen molar-refractivity contribution in [2.75, 3.05) is 6.29 Å². The number of hydroxylamine groups is 1. The van der Waals surface area contributed by atoms with E-state index in [-0.39, 0.29) is 5.17 Å². The molecule has 0 aromatic rings. The van der Waals surface area contributed by atoms with Crippen molar-refractivity contribution in [1.29, 1.82) is 0 Å². The number of hydrogen-bond donors (Lipinski definition) is 2. The molecule has 5 heavy (non-hydrogen) atoms. The van der Waals surface area contributed by atoms with Crippen LogP contribution in [0, 0.1) is 5.21 Å². The van der Waals surface area contributed by atoms with Crippen LogP contribution in [0.5, 0.6) is 0 Å². The third kappa shape index (κ3) is 0.578. The van der Waals surface area contributed by atoms with Gasteiger partial charge in [0.15, 0.2) is 0 Å². The minimum absolute atomic E-state index is 0.198. The van der Waals surface area contributed by atoms with E-state index in [1.165, 1.54) is 0 Å². The standard InChI is InChI=1S/CH5N2OP/c4-3-1-5-2-3/h2-3,5H,1H2. The zero-order valence-corrected chi connectivity index (χ0v) is 3.62. The third-order valence-electron chi connectivity index (χ3n) is 0.477. The molecule has 1 fully saturated rings. The summed E-state index contributed by atoms with van der Waals surface area (Å²) in [7, 11) is 0.702. The lowest BCUT2D eigenvalue weighted by molar-refractivity contribution is -0.886. The van der Waals surface area contributed by atoms with E-state index in [1.54, 1.807) is 0 Å². The average molecular weight is 92.0 g/mol. The molecule has 1 rings (SSSR count). The molecule has 0 aromatic heterocycles. The first-order valence-corrected chi connectivity index (χ1v) is 2.62. The largest absolute Gasteiger partial charge is 0.613 e. The second kappa shape index (κ2) is 1.19. The Morgan fingerprint density at radius 3 is 2.40 bits per heavy atom. The molecule has 0 aliphatic carbocycles. The predicted molar refractivity (Wildman–Crippen MR) is 20.6 cm³/mol. The highest BCUT2D eigenvalue weighted by Gasteiger charge is 2.04. The number of rotatable bonds is 0. The predicted octanol–water partition coefficient (Wildman–Crippen LogP) is -1.56. The Morgan fingerprint density at radius 1 is 2.00 bits per heavy atom. The third-order valence-corrected chi connectivity index (χ3v) is 1.43. The molecule has 1 aliphatic heterocycles. The van der Waals surface area contributed by atoms with Crippen LogP contribution in [0.2, 0.25) is 0 Å². The summed E-state index contributed by atoms with van der Waals surface area (Å²) in [6.07, 6.45) is 0.764. The van der Waals surface area contributed by atoms with Crippen molar-refractivity contribution >= 4 is 8.73 Å². The average Bonchev–Trinajstić information content (AvgIpc) is 1.30. The first kappa shape index (κ1) is 3.50. The molecule has 0 spiro atoms. The zero-order chi connectivity index (χ0) is 3.70. The molecule has 1 heterocycles. The molecule has 3 nitrogen and oxygen atoms in total. The molecule has 0 radical (unpaired) electrons. The van der Waals surface area contributed by atoms with Gasteiger partial charge in [-0.25, -0.2) is 0 Å². The van der Waals surface area contributed by atoms with E-state index in [1.807, 2.05) is 0 Å². The summed E-state index contributed by atoms with van der Waals surface area (Å²) in [4.78, 5) is 0. The number of hydrogen-bond acceptors (Lipinski definition) is 2. The molecule has 0 bridgehead atoms. The van der Waals surface area contributed by atoms with Crippen LogP contribution in [-0.2, 0) is 0 Å². The molecule has 2 atom stereocenters. The highest BCUT2D eigenvalue weighted by molar-refractivity contribution is 7.36. The summed E-state index contributed by atoms with van der Waals surface area (Å²) in [6, 6.07) is 0. The molecule has 2 unspecified atom stereocenters. The Morgan fingerprint density at radius 2 is 2.40 bits per heavy atom. The summed E-state index contributed by atoms with van der Waals surface area (Å²) >= 11 is 0. The smallest absolute Gasteiger partial charge is 0.128 e. The van der Waals surface area contributed by atoms with Gasteiger partial charge in [0, 0.05) is 0 Å². The van der Waals surface area contributed by atoms with Gasteiger partial charge in [-0.3, -0.25) is 5.17 Å². The van der Waals surface area contributed by atoms with Crippen LogP contribution >= 0.6 is 8.73 Å². The molecule has 30 valence electrons. The Bertz CT molecular complexity index is 36.6. The van der Waals surface area contributed by atoms with Gasteiger partial charge in [-0.2, -0.15) is 0 Å². The van der Waals surface area contributed by atoms with Gasteiger partial charge >= 0.3 is 0 Å². The molecular weight excluding hydrogens is 87.0 g/mol. The molecule has 1 saturated heterocycles. The molecular formula is CH5N2OP. The summed E-state index contributed by atoms with van der Waals surface area (Å²) in [5, 5.41) is 12.6. The van der Waals surface area contributed by atoms with Crippen molar-refractivity contribution in [3.63, 3.8) is 0 Å². The van der Waals surface area contributed by atoms with Crippen LogP contribution in [0.4, 0.5) is 0 Å². The van der Waals surface area contributed by atoms with Gasteiger partial charge in [-0.05, 0) is 0 Å². The summed E-state index contributed by atoms with van der Waals surface area (Å²) in [6.45, 7) is 0. The lowest BCUT2D eigenvalue weighted by atomic mass is 11.4. The minimum Gasteiger partial charge on any atom is -0.613 e. The molecule has 1 aliphatic rings. The molecule has 0 amide bonds. The second-order valence-corrected chi connectivity index (χ2v) is 1.86. The van der Waals surface area contributed by atoms with Gasteiger partial charge < -0.3 is 5.21 Å². The molecule has 0 saturated carbocycles. The normalized spacial score (nSPS) is 41.4. The van der Waals surface area contributed by atoms with Crippen LogP contribution < -0.4 is 10.4 Å². The van der Waals surface area contributed by atoms with E-state index in [9.17, 15) is 5.21 Å². The van der Waals surface area contributed by atoms with Gasteiger partial charge in [0.05, 0.1) is 8.73 Å². The lowest BCUT2D eigenvalue weighted by Crippen LogP contribution is -3.17. The zero-order valence-electron chi connectivity index (χ0n) is 2.62. The maximum Gasteiger partial charge on any atom is 0.128 e. The van der Waals surface area contributed by atoms with E-state index in [0.29, 0.717) is 8.73 Å². The van der Waals surface area contributed by atoms with E-state index in [0.717, 1.165) is 6.29 Å². The van der Waals surface area contributed by atoms with E-state index in [4.69, 9.17) is 0 Å². The van der Waals surface area contributed by atoms with Gasteiger partial charge in [-0.15, -0.1) is 5.20 Å². The maximum atomic E-state index is 9.80. The Kier molecular flexibility index (Phi) is 0.830. The summed E-state index contributed by atoms with van der Waals surface area (Å²) < 4.78 is 0. The highest BCUT2D eigenvalue weighted by Crippen LogP contribution is 1.97.